The van der Waals surface area contributed by atoms with Crippen molar-refractivity contribution in [1.29, 1.82) is 0 Å². The number of pyridine rings is 1. The minimum absolute atomic E-state index is 0.0997. The molecular formula is C26H22ClN3O3S. The first-order valence-electron chi connectivity index (χ1n) is 10.9. The van der Waals surface area contributed by atoms with E-state index in [0.29, 0.717) is 23.7 Å². The first-order chi connectivity index (χ1) is 16.4. The van der Waals surface area contributed by atoms with Gasteiger partial charge in [-0.1, -0.05) is 41.9 Å². The number of nitrogens with zero attached hydrogens (tertiary/aromatic N) is 3. The smallest absolute Gasteiger partial charge is 0.253 e. The second kappa shape index (κ2) is 9.18. The predicted octanol–water partition coefficient (Wildman–Crippen LogP) is 4.70. The number of carbonyl (C=O) groups is 1. The molecule has 2 heterocycles. The molecule has 1 saturated heterocycles. The molecule has 0 unspecified atom stereocenters. The number of fused-ring (bicyclic) bond motifs is 1. The van der Waals surface area contributed by atoms with Crippen LogP contribution in [-0.2, 0) is 10.0 Å². The van der Waals surface area contributed by atoms with E-state index in [-0.39, 0.29) is 23.9 Å². The van der Waals surface area contributed by atoms with Crippen LogP contribution in [0.5, 0.6) is 0 Å². The number of halogens is 1. The lowest BCUT2D eigenvalue weighted by Gasteiger charge is -2.34. The summed E-state index contributed by atoms with van der Waals surface area (Å²) in [6.07, 6.45) is 3.50. The van der Waals surface area contributed by atoms with Crippen molar-refractivity contribution in [1.82, 2.24) is 14.2 Å². The SMILES string of the molecule is O=C(c1ccc(-c2cccnc2)cc1)N1CCN(S(=O)(=O)c2ccc3cc(Cl)ccc3c2)CC1. The van der Waals surface area contributed by atoms with Gasteiger partial charge in [-0.05, 0) is 64.4 Å². The fourth-order valence-electron chi connectivity index (χ4n) is 4.16. The van der Waals surface area contributed by atoms with Gasteiger partial charge in [-0.2, -0.15) is 4.31 Å². The Hall–Kier alpha value is -3.26. The lowest BCUT2D eigenvalue weighted by atomic mass is 10.1. The van der Waals surface area contributed by atoms with Crippen molar-refractivity contribution in [3.05, 3.63) is 95.8 Å². The van der Waals surface area contributed by atoms with Crippen molar-refractivity contribution in [3.8, 4) is 11.1 Å². The summed E-state index contributed by atoms with van der Waals surface area (Å²) in [5.74, 6) is -0.0997. The van der Waals surface area contributed by atoms with E-state index in [0.717, 1.165) is 21.9 Å². The number of hydrogen-bond acceptors (Lipinski definition) is 4. The summed E-state index contributed by atoms with van der Waals surface area (Å²) in [5, 5.41) is 2.31. The summed E-state index contributed by atoms with van der Waals surface area (Å²) in [7, 11) is -3.66. The minimum atomic E-state index is -3.66. The molecule has 0 aliphatic carbocycles. The predicted molar refractivity (Wildman–Crippen MR) is 133 cm³/mol. The molecule has 8 heteroatoms. The lowest BCUT2D eigenvalue weighted by Crippen LogP contribution is -2.50. The van der Waals surface area contributed by atoms with E-state index in [9.17, 15) is 13.2 Å². The standard InChI is InChI=1S/C26H22ClN3O3S/c27-24-9-7-22-17-25(10-8-21(22)16-24)34(32,33)30-14-12-29(13-15-30)26(31)20-5-3-19(4-6-20)23-2-1-11-28-18-23/h1-11,16-18H,12-15H2. The van der Waals surface area contributed by atoms with E-state index in [2.05, 4.69) is 4.98 Å². The van der Waals surface area contributed by atoms with Crippen molar-refractivity contribution >= 4 is 38.3 Å². The van der Waals surface area contributed by atoms with Crippen molar-refractivity contribution in [2.45, 2.75) is 4.90 Å². The van der Waals surface area contributed by atoms with Crippen LogP contribution < -0.4 is 0 Å². The Kier molecular flexibility index (Phi) is 6.08. The van der Waals surface area contributed by atoms with Crippen LogP contribution in [0, 0.1) is 0 Å². The zero-order chi connectivity index (χ0) is 23.7. The lowest BCUT2D eigenvalue weighted by molar-refractivity contribution is 0.0698. The van der Waals surface area contributed by atoms with Gasteiger partial charge < -0.3 is 4.90 Å². The van der Waals surface area contributed by atoms with Gasteiger partial charge in [-0.25, -0.2) is 8.42 Å². The minimum Gasteiger partial charge on any atom is -0.336 e. The summed E-state index contributed by atoms with van der Waals surface area (Å²) < 4.78 is 27.9. The van der Waals surface area contributed by atoms with Crippen LogP contribution in [0.4, 0.5) is 0 Å². The molecule has 0 N–H and O–H groups in total. The molecule has 1 aliphatic heterocycles. The Morgan fingerprint density at radius 2 is 1.53 bits per heavy atom. The average Bonchev–Trinajstić information content (AvgIpc) is 2.88. The highest BCUT2D eigenvalue weighted by Crippen LogP contribution is 2.25. The molecule has 0 radical (unpaired) electrons. The molecule has 34 heavy (non-hydrogen) atoms. The van der Waals surface area contributed by atoms with Crippen LogP contribution in [0.15, 0.2) is 90.1 Å². The van der Waals surface area contributed by atoms with E-state index in [1.54, 1.807) is 59.8 Å². The van der Waals surface area contributed by atoms with E-state index >= 15 is 0 Å². The number of aromatic nitrogens is 1. The largest absolute Gasteiger partial charge is 0.336 e. The van der Waals surface area contributed by atoms with Crippen molar-refractivity contribution < 1.29 is 13.2 Å². The Morgan fingerprint density at radius 1 is 0.824 bits per heavy atom. The maximum absolute atomic E-state index is 13.2. The van der Waals surface area contributed by atoms with Gasteiger partial charge in [-0.15, -0.1) is 0 Å². The van der Waals surface area contributed by atoms with Crippen molar-refractivity contribution in [3.63, 3.8) is 0 Å². The molecule has 1 aromatic heterocycles. The third-order valence-corrected chi connectivity index (χ3v) is 8.19. The first-order valence-corrected chi connectivity index (χ1v) is 12.7. The first kappa shape index (κ1) is 22.5. The molecule has 1 aliphatic rings. The molecule has 1 fully saturated rings. The monoisotopic (exact) mass is 491 g/mol. The molecule has 0 bridgehead atoms. The number of rotatable bonds is 4. The van der Waals surface area contributed by atoms with Gasteiger partial charge in [0.25, 0.3) is 5.91 Å². The topological polar surface area (TPSA) is 70.6 Å². The highest BCUT2D eigenvalue weighted by molar-refractivity contribution is 7.89. The Morgan fingerprint density at radius 3 is 2.24 bits per heavy atom. The van der Waals surface area contributed by atoms with E-state index in [1.807, 2.05) is 30.3 Å². The average molecular weight is 492 g/mol. The second-order valence-electron chi connectivity index (χ2n) is 8.17. The molecule has 5 rings (SSSR count). The molecule has 0 spiro atoms. The fourth-order valence-corrected chi connectivity index (χ4v) is 5.80. The number of carbonyl (C=O) groups excluding carboxylic acids is 1. The summed E-state index contributed by atoms with van der Waals surface area (Å²) in [4.78, 5) is 19.1. The highest BCUT2D eigenvalue weighted by atomic mass is 35.5. The molecule has 0 saturated carbocycles. The van der Waals surface area contributed by atoms with Crippen LogP contribution >= 0.6 is 11.6 Å². The quantitative estimate of drug-likeness (QED) is 0.415. The van der Waals surface area contributed by atoms with Gasteiger partial charge in [0.1, 0.15) is 0 Å². The van der Waals surface area contributed by atoms with Gasteiger partial charge >= 0.3 is 0 Å². The van der Waals surface area contributed by atoms with Gasteiger partial charge in [0, 0.05) is 49.2 Å². The van der Waals surface area contributed by atoms with E-state index < -0.39 is 10.0 Å². The highest BCUT2D eigenvalue weighted by Gasteiger charge is 2.30. The van der Waals surface area contributed by atoms with Crippen molar-refractivity contribution in [2.24, 2.45) is 0 Å². The van der Waals surface area contributed by atoms with Crippen LogP contribution in [0.3, 0.4) is 0 Å². The summed E-state index contributed by atoms with van der Waals surface area (Å²) in [6, 6.07) is 21.6. The summed E-state index contributed by atoms with van der Waals surface area (Å²) >= 11 is 6.03. The van der Waals surface area contributed by atoms with Gasteiger partial charge in [0.2, 0.25) is 10.0 Å². The summed E-state index contributed by atoms with van der Waals surface area (Å²) in [5.41, 5.74) is 2.55. The third-order valence-electron chi connectivity index (χ3n) is 6.06. The molecule has 4 aromatic rings. The van der Waals surface area contributed by atoms with Gasteiger partial charge in [0.05, 0.1) is 4.90 Å². The normalized spacial score (nSPS) is 14.9. The molecule has 172 valence electrons. The molecular weight excluding hydrogens is 470 g/mol. The number of hydrogen-bond donors (Lipinski definition) is 0. The fraction of sp³-hybridized carbons (Fsp3) is 0.154. The number of piperazine rings is 1. The zero-order valence-corrected chi connectivity index (χ0v) is 19.8. The molecule has 3 aromatic carbocycles. The third kappa shape index (κ3) is 4.42. The molecule has 0 atom stereocenters. The second-order valence-corrected chi connectivity index (χ2v) is 10.5. The van der Waals surface area contributed by atoms with E-state index in [4.69, 9.17) is 11.6 Å². The maximum Gasteiger partial charge on any atom is 0.253 e. The Bertz CT molecular complexity index is 1450. The Labute approximate surface area is 203 Å². The van der Waals surface area contributed by atoms with Crippen LogP contribution in [0.25, 0.3) is 21.9 Å². The van der Waals surface area contributed by atoms with Crippen LogP contribution in [-0.4, -0.2) is 54.7 Å². The zero-order valence-electron chi connectivity index (χ0n) is 18.3. The Balaban J connectivity index is 1.27. The summed E-state index contributed by atoms with van der Waals surface area (Å²) in [6.45, 7) is 1.18. The maximum atomic E-state index is 13.2. The number of amides is 1. The molecule has 6 nitrogen and oxygen atoms in total. The van der Waals surface area contributed by atoms with Gasteiger partial charge in [0.15, 0.2) is 0 Å². The number of sulfonamides is 1. The van der Waals surface area contributed by atoms with Crippen LogP contribution in [0.1, 0.15) is 10.4 Å². The number of benzene rings is 3. The molecule has 1 amide bonds. The van der Waals surface area contributed by atoms with Crippen LogP contribution in [0.2, 0.25) is 5.02 Å². The van der Waals surface area contributed by atoms with Crippen molar-refractivity contribution in [2.75, 3.05) is 26.2 Å². The van der Waals surface area contributed by atoms with E-state index in [1.165, 1.54) is 4.31 Å². The van der Waals surface area contributed by atoms with Gasteiger partial charge in [-0.3, -0.25) is 9.78 Å².